The molecule has 150 valence electrons. The second-order valence-electron chi connectivity index (χ2n) is 7.40. The second-order valence-corrected chi connectivity index (χ2v) is 7.40. The standard InChI is InChI=1S/C25H22FN3O/c1-16-8-12-20(13-9-16)29-24(15-23(28-29)21-6-4-5-7-22(21)26)25(30)27-19-11-10-17(2)18(3)14-19/h4-15H,1-3H3,(H,27,30). The zero-order valence-corrected chi connectivity index (χ0v) is 17.1. The fraction of sp³-hybridized carbons (Fsp3) is 0.120. The van der Waals surface area contributed by atoms with E-state index in [1.54, 1.807) is 28.9 Å². The van der Waals surface area contributed by atoms with Gasteiger partial charge >= 0.3 is 0 Å². The van der Waals surface area contributed by atoms with Crippen LogP contribution in [0.1, 0.15) is 27.2 Å². The molecule has 0 atom stereocenters. The van der Waals surface area contributed by atoms with Gasteiger partial charge in [-0.15, -0.1) is 0 Å². The van der Waals surface area contributed by atoms with Crippen LogP contribution in [0.4, 0.5) is 10.1 Å². The van der Waals surface area contributed by atoms with Crippen molar-refractivity contribution in [1.82, 2.24) is 9.78 Å². The number of aryl methyl sites for hydroxylation is 3. The third-order valence-corrected chi connectivity index (χ3v) is 5.14. The van der Waals surface area contributed by atoms with Crippen LogP contribution in [0.2, 0.25) is 0 Å². The highest BCUT2D eigenvalue weighted by Gasteiger charge is 2.19. The summed E-state index contributed by atoms with van der Waals surface area (Å²) >= 11 is 0. The van der Waals surface area contributed by atoms with Crippen LogP contribution in [0, 0.1) is 26.6 Å². The number of carbonyl (C=O) groups excluding carboxylic acids is 1. The number of hydrogen-bond acceptors (Lipinski definition) is 2. The van der Waals surface area contributed by atoms with E-state index < -0.39 is 0 Å². The van der Waals surface area contributed by atoms with E-state index in [0.717, 1.165) is 22.4 Å². The minimum Gasteiger partial charge on any atom is -0.321 e. The number of nitrogens with zero attached hydrogens (tertiary/aromatic N) is 2. The molecule has 4 rings (SSSR count). The molecule has 30 heavy (non-hydrogen) atoms. The van der Waals surface area contributed by atoms with Crippen molar-refractivity contribution in [3.8, 4) is 16.9 Å². The fourth-order valence-corrected chi connectivity index (χ4v) is 3.24. The predicted molar refractivity (Wildman–Crippen MR) is 118 cm³/mol. The second kappa shape index (κ2) is 7.95. The van der Waals surface area contributed by atoms with Crippen molar-refractivity contribution in [3.63, 3.8) is 0 Å². The summed E-state index contributed by atoms with van der Waals surface area (Å²) in [6.07, 6.45) is 0. The molecule has 0 saturated carbocycles. The van der Waals surface area contributed by atoms with E-state index in [1.807, 2.05) is 63.2 Å². The van der Waals surface area contributed by atoms with Crippen molar-refractivity contribution < 1.29 is 9.18 Å². The van der Waals surface area contributed by atoms with Crippen LogP contribution in [-0.2, 0) is 0 Å². The molecular weight excluding hydrogens is 377 g/mol. The van der Waals surface area contributed by atoms with Crippen LogP contribution in [0.15, 0.2) is 72.8 Å². The maximum atomic E-state index is 14.4. The molecule has 1 amide bonds. The fourth-order valence-electron chi connectivity index (χ4n) is 3.24. The quantitative estimate of drug-likeness (QED) is 0.467. The van der Waals surface area contributed by atoms with Crippen LogP contribution in [0.5, 0.6) is 0 Å². The van der Waals surface area contributed by atoms with E-state index in [0.29, 0.717) is 22.6 Å². The summed E-state index contributed by atoms with van der Waals surface area (Å²) < 4.78 is 15.9. The van der Waals surface area contributed by atoms with Crippen LogP contribution in [-0.4, -0.2) is 15.7 Å². The molecule has 1 aromatic heterocycles. The van der Waals surface area contributed by atoms with Gasteiger partial charge in [0.15, 0.2) is 0 Å². The molecule has 0 spiro atoms. The first-order chi connectivity index (χ1) is 14.4. The highest BCUT2D eigenvalue weighted by Crippen LogP contribution is 2.25. The Hall–Kier alpha value is -3.73. The highest BCUT2D eigenvalue weighted by atomic mass is 19.1. The average Bonchev–Trinajstić information content (AvgIpc) is 3.17. The van der Waals surface area contributed by atoms with Crippen molar-refractivity contribution in [2.24, 2.45) is 0 Å². The highest BCUT2D eigenvalue weighted by molar-refractivity contribution is 6.04. The topological polar surface area (TPSA) is 46.9 Å². The first-order valence-electron chi connectivity index (χ1n) is 9.73. The largest absolute Gasteiger partial charge is 0.321 e. The Bertz CT molecular complexity index is 1230. The van der Waals surface area contributed by atoms with Gasteiger partial charge in [-0.1, -0.05) is 35.9 Å². The number of hydrogen-bond donors (Lipinski definition) is 1. The lowest BCUT2D eigenvalue weighted by Crippen LogP contribution is -2.17. The number of aromatic nitrogens is 2. The van der Waals surface area contributed by atoms with Crippen molar-refractivity contribution in [2.45, 2.75) is 20.8 Å². The van der Waals surface area contributed by atoms with Gasteiger partial charge < -0.3 is 5.32 Å². The number of nitrogens with one attached hydrogen (secondary N) is 1. The zero-order valence-electron chi connectivity index (χ0n) is 17.1. The van der Waals surface area contributed by atoms with E-state index in [9.17, 15) is 9.18 Å². The normalized spacial score (nSPS) is 10.8. The van der Waals surface area contributed by atoms with Crippen molar-refractivity contribution in [3.05, 3.63) is 101 Å². The molecule has 5 heteroatoms. The van der Waals surface area contributed by atoms with Gasteiger partial charge in [-0.05, 0) is 74.4 Å². The van der Waals surface area contributed by atoms with Gasteiger partial charge in [0.1, 0.15) is 11.5 Å². The third kappa shape index (κ3) is 3.87. The number of halogens is 1. The molecule has 1 N–H and O–H groups in total. The first-order valence-corrected chi connectivity index (χ1v) is 9.73. The van der Waals surface area contributed by atoms with Gasteiger partial charge in [-0.25, -0.2) is 9.07 Å². The summed E-state index contributed by atoms with van der Waals surface area (Å²) in [4.78, 5) is 13.1. The Morgan fingerprint density at radius 1 is 0.900 bits per heavy atom. The maximum absolute atomic E-state index is 14.4. The molecule has 0 aliphatic carbocycles. The Kier molecular flexibility index (Phi) is 5.19. The molecule has 0 fully saturated rings. The van der Waals surface area contributed by atoms with Crippen LogP contribution in [0.25, 0.3) is 16.9 Å². The average molecular weight is 399 g/mol. The number of anilines is 1. The van der Waals surface area contributed by atoms with Crippen molar-refractivity contribution in [2.75, 3.05) is 5.32 Å². The number of carbonyl (C=O) groups is 1. The lowest BCUT2D eigenvalue weighted by molar-refractivity contribution is 0.101. The SMILES string of the molecule is Cc1ccc(-n2nc(-c3ccccc3F)cc2C(=O)Nc2ccc(C)c(C)c2)cc1. The zero-order chi connectivity index (χ0) is 21.3. The van der Waals surface area contributed by atoms with Crippen LogP contribution in [0.3, 0.4) is 0 Å². The molecular formula is C25H22FN3O. The Morgan fingerprint density at radius 2 is 1.63 bits per heavy atom. The number of benzene rings is 3. The van der Waals surface area contributed by atoms with E-state index >= 15 is 0 Å². The monoisotopic (exact) mass is 399 g/mol. The summed E-state index contributed by atoms with van der Waals surface area (Å²) in [5.74, 6) is -0.693. The molecule has 3 aromatic carbocycles. The summed E-state index contributed by atoms with van der Waals surface area (Å²) in [6, 6.07) is 21.5. The molecule has 0 saturated heterocycles. The van der Waals surface area contributed by atoms with E-state index in [-0.39, 0.29) is 11.7 Å². The summed E-state index contributed by atoms with van der Waals surface area (Å²) in [7, 11) is 0. The lowest BCUT2D eigenvalue weighted by atomic mass is 10.1. The molecule has 4 nitrogen and oxygen atoms in total. The molecule has 0 bridgehead atoms. The Labute approximate surface area is 175 Å². The van der Waals surface area contributed by atoms with Gasteiger partial charge in [0.2, 0.25) is 0 Å². The Balaban J connectivity index is 1.78. The van der Waals surface area contributed by atoms with Crippen molar-refractivity contribution in [1.29, 1.82) is 0 Å². The molecule has 0 unspecified atom stereocenters. The molecule has 0 aliphatic heterocycles. The smallest absolute Gasteiger partial charge is 0.274 e. The van der Waals surface area contributed by atoms with Crippen LogP contribution >= 0.6 is 0 Å². The first kappa shape index (κ1) is 19.6. The van der Waals surface area contributed by atoms with Gasteiger partial charge in [0, 0.05) is 11.3 Å². The van der Waals surface area contributed by atoms with E-state index in [4.69, 9.17) is 0 Å². The van der Waals surface area contributed by atoms with E-state index in [2.05, 4.69) is 10.4 Å². The molecule has 0 aliphatic rings. The van der Waals surface area contributed by atoms with Crippen LogP contribution < -0.4 is 5.32 Å². The summed E-state index contributed by atoms with van der Waals surface area (Å²) in [6.45, 7) is 6.01. The number of amides is 1. The van der Waals surface area contributed by atoms with Gasteiger partial charge in [0.05, 0.1) is 11.4 Å². The Morgan fingerprint density at radius 3 is 2.33 bits per heavy atom. The third-order valence-electron chi connectivity index (χ3n) is 5.14. The summed E-state index contributed by atoms with van der Waals surface area (Å²) in [5, 5.41) is 7.49. The van der Waals surface area contributed by atoms with Gasteiger partial charge in [0.25, 0.3) is 5.91 Å². The van der Waals surface area contributed by atoms with Crippen molar-refractivity contribution >= 4 is 11.6 Å². The van der Waals surface area contributed by atoms with Gasteiger partial charge in [-0.2, -0.15) is 5.10 Å². The van der Waals surface area contributed by atoms with Gasteiger partial charge in [-0.3, -0.25) is 4.79 Å². The minimum absolute atomic E-state index is 0.311. The molecule has 4 aromatic rings. The number of rotatable bonds is 4. The maximum Gasteiger partial charge on any atom is 0.274 e. The minimum atomic E-state index is -0.382. The predicted octanol–water partition coefficient (Wildman–Crippen LogP) is 5.86. The molecule has 1 heterocycles. The summed E-state index contributed by atoms with van der Waals surface area (Å²) in [5.41, 5.74) is 5.85. The molecule has 0 radical (unpaired) electrons. The van der Waals surface area contributed by atoms with E-state index in [1.165, 1.54) is 6.07 Å². The lowest BCUT2D eigenvalue weighted by Gasteiger charge is -2.10.